The fraction of sp³-hybridized carbons (Fsp3) is 0.417. The van der Waals surface area contributed by atoms with Gasteiger partial charge in [-0.3, -0.25) is 10.1 Å². The average molecular weight is 253 g/mol. The molecule has 1 fully saturated rings. The number of aldehydes is 1. The molecule has 0 saturated heterocycles. The number of hydrogen-bond acceptors (Lipinski definition) is 4. The van der Waals surface area contributed by atoms with E-state index in [1.165, 1.54) is 24.3 Å². The summed E-state index contributed by atoms with van der Waals surface area (Å²) in [5, 5.41) is 20.7. The van der Waals surface area contributed by atoms with Crippen molar-refractivity contribution in [1.29, 1.82) is 0 Å². The summed E-state index contributed by atoms with van der Waals surface area (Å²) >= 11 is 0. The standard InChI is InChI=1S/C12H12FNO4/c13-9-3-1-7(2-4-9)11-8(6-15)5-10(16)12(11)14(17)18/h1-4,6,8,10-12,16H,5H2/t8-,10+,11-,12-/m1/s1. The maximum atomic E-state index is 12.8. The van der Waals surface area contributed by atoms with Crippen molar-refractivity contribution in [2.75, 3.05) is 0 Å². The third kappa shape index (κ3) is 2.11. The molecule has 0 aromatic heterocycles. The zero-order valence-electron chi connectivity index (χ0n) is 9.40. The molecule has 2 rings (SSSR count). The number of aliphatic hydroxyl groups excluding tert-OH is 1. The number of halogens is 1. The number of carbonyl (C=O) groups excluding carboxylic acids is 1. The Morgan fingerprint density at radius 1 is 1.39 bits per heavy atom. The maximum absolute atomic E-state index is 12.8. The number of hydrogen-bond donors (Lipinski definition) is 1. The first-order valence-corrected chi connectivity index (χ1v) is 5.57. The van der Waals surface area contributed by atoms with E-state index in [1.807, 2.05) is 0 Å². The molecule has 0 amide bonds. The van der Waals surface area contributed by atoms with Gasteiger partial charge in [0.05, 0.1) is 5.92 Å². The second-order valence-corrected chi connectivity index (χ2v) is 4.46. The molecule has 0 bridgehead atoms. The molecule has 5 nitrogen and oxygen atoms in total. The van der Waals surface area contributed by atoms with E-state index in [2.05, 4.69) is 0 Å². The maximum Gasteiger partial charge on any atom is 0.246 e. The lowest BCUT2D eigenvalue weighted by atomic mass is 9.87. The van der Waals surface area contributed by atoms with Crippen molar-refractivity contribution in [1.82, 2.24) is 0 Å². The monoisotopic (exact) mass is 253 g/mol. The highest BCUT2D eigenvalue weighted by atomic mass is 19.1. The summed E-state index contributed by atoms with van der Waals surface area (Å²) in [6.07, 6.45) is -0.456. The first kappa shape index (κ1) is 12.6. The number of nitrogens with zero attached hydrogens (tertiary/aromatic N) is 1. The van der Waals surface area contributed by atoms with E-state index >= 15 is 0 Å². The van der Waals surface area contributed by atoms with Crippen LogP contribution in [-0.2, 0) is 4.79 Å². The van der Waals surface area contributed by atoms with Crippen LogP contribution in [0.3, 0.4) is 0 Å². The molecule has 0 aliphatic heterocycles. The molecule has 1 N–H and O–H groups in total. The van der Waals surface area contributed by atoms with E-state index in [4.69, 9.17) is 0 Å². The second-order valence-electron chi connectivity index (χ2n) is 4.46. The van der Waals surface area contributed by atoms with Gasteiger partial charge in [0.15, 0.2) is 0 Å². The van der Waals surface area contributed by atoms with Crippen LogP contribution < -0.4 is 0 Å². The fourth-order valence-electron chi connectivity index (χ4n) is 2.60. The number of nitro groups is 1. The lowest BCUT2D eigenvalue weighted by Gasteiger charge is -2.17. The van der Waals surface area contributed by atoms with Crippen LogP contribution in [-0.4, -0.2) is 28.5 Å². The Hall–Kier alpha value is -1.82. The van der Waals surface area contributed by atoms with E-state index in [-0.39, 0.29) is 6.42 Å². The molecule has 1 aromatic rings. The van der Waals surface area contributed by atoms with Crippen LogP contribution in [0.1, 0.15) is 17.9 Å². The summed E-state index contributed by atoms with van der Waals surface area (Å²) in [6.45, 7) is 0. The Balaban J connectivity index is 2.39. The van der Waals surface area contributed by atoms with Gasteiger partial charge in [-0.1, -0.05) is 12.1 Å². The predicted octanol–water partition coefficient (Wildman–Crippen LogP) is 1.13. The summed E-state index contributed by atoms with van der Waals surface area (Å²) in [6, 6.07) is 4.01. The molecule has 4 atom stereocenters. The Morgan fingerprint density at radius 3 is 2.50 bits per heavy atom. The molecular weight excluding hydrogens is 241 g/mol. The van der Waals surface area contributed by atoms with E-state index in [9.17, 15) is 24.4 Å². The molecule has 0 heterocycles. The first-order valence-electron chi connectivity index (χ1n) is 5.57. The molecule has 18 heavy (non-hydrogen) atoms. The summed E-state index contributed by atoms with van der Waals surface area (Å²) in [7, 11) is 0. The van der Waals surface area contributed by atoms with Crippen LogP contribution >= 0.6 is 0 Å². The van der Waals surface area contributed by atoms with Crippen molar-refractivity contribution in [3.63, 3.8) is 0 Å². The highest BCUT2D eigenvalue weighted by Crippen LogP contribution is 2.40. The smallest absolute Gasteiger partial charge is 0.246 e. The van der Waals surface area contributed by atoms with Gasteiger partial charge in [-0.15, -0.1) is 0 Å². The van der Waals surface area contributed by atoms with E-state index in [0.717, 1.165) is 0 Å². The summed E-state index contributed by atoms with van der Waals surface area (Å²) in [5.74, 6) is -1.76. The third-order valence-corrected chi connectivity index (χ3v) is 3.41. The summed E-state index contributed by atoms with van der Waals surface area (Å²) < 4.78 is 12.8. The Labute approximate surface area is 102 Å². The van der Waals surface area contributed by atoms with Crippen LogP contribution in [0.2, 0.25) is 0 Å². The minimum atomic E-state index is -1.22. The van der Waals surface area contributed by atoms with E-state index in [1.54, 1.807) is 0 Å². The topological polar surface area (TPSA) is 80.4 Å². The lowest BCUT2D eigenvalue weighted by Crippen LogP contribution is -2.33. The number of rotatable bonds is 3. The molecule has 96 valence electrons. The highest BCUT2D eigenvalue weighted by Gasteiger charge is 2.50. The number of benzene rings is 1. The Morgan fingerprint density at radius 2 is 2.00 bits per heavy atom. The molecule has 0 unspecified atom stereocenters. The van der Waals surface area contributed by atoms with Gasteiger partial charge >= 0.3 is 0 Å². The number of aliphatic hydroxyl groups is 1. The largest absolute Gasteiger partial charge is 0.386 e. The molecule has 1 aliphatic carbocycles. The van der Waals surface area contributed by atoms with Crippen molar-refractivity contribution >= 4 is 6.29 Å². The third-order valence-electron chi connectivity index (χ3n) is 3.41. The van der Waals surface area contributed by atoms with Crippen molar-refractivity contribution in [2.45, 2.75) is 24.5 Å². The summed E-state index contributed by atoms with van der Waals surface area (Å²) in [5.41, 5.74) is 0.506. The van der Waals surface area contributed by atoms with Crippen LogP contribution in [0.25, 0.3) is 0 Å². The van der Waals surface area contributed by atoms with Crippen molar-refractivity contribution in [3.05, 3.63) is 45.8 Å². The SMILES string of the molecule is O=C[C@H]1C[C@H](O)[C@@H]([N+](=O)[O-])[C@@H]1c1ccc(F)cc1. The van der Waals surface area contributed by atoms with Gasteiger partial charge in [-0.2, -0.15) is 0 Å². The zero-order chi connectivity index (χ0) is 13.3. The molecule has 1 saturated carbocycles. The van der Waals surface area contributed by atoms with Crippen LogP contribution in [0, 0.1) is 21.8 Å². The molecule has 1 aromatic carbocycles. The van der Waals surface area contributed by atoms with E-state index in [0.29, 0.717) is 11.8 Å². The lowest BCUT2D eigenvalue weighted by molar-refractivity contribution is -0.534. The fourth-order valence-corrected chi connectivity index (χ4v) is 2.60. The van der Waals surface area contributed by atoms with Gasteiger partial charge in [0.25, 0.3) is 0 Å². The second kappa shape index (κ2) is 4.81. The van der Waals surface area contributed by atoms with Gasteiger partial charge in [-0.05, 0) is 24.1 Å². The van der Waals surface area contributed by atoms with Gasteiger partial charge < -0.3 is 9.90 Å². The van der Waals surface area contributed by atoms with Crippen LogP contribution in [0.15, 0.2) is 24.3 Å². The van der Waals surface area contributed by atoms with Gasteiger partial charge in [-0.25, -0.2) is 4.39 Å². The minimum Gasteiger partial charge on any atom is -0.386 e. The molecule has 1 aliphatic rings. The highest BCUT2D eigenvalue weighted by molar-refractivity contribution is 5.57. The van der Waals surface area contributed by atoms with Gasteiger partial charge in [0, 0.05) is 10.8 Å². The van der Waals surface area contributed by atoms with Crippen molar-refractivity contribution in [2.24, 2.45) is 5.92 Å². The van der Waals surface area contributed by atoms with E-state index < -0.39 is 34.7 Å². The van der Waals surface area contributed by atoms with Gasteiger partial charge in [0.2, 0.25) is 6.04 Å². The molecule has 0 spiro atoms. The average Bonchev–Trinajstić information content (AvgIpc) is 2.67. The molecular formula is C12H12FNO4. The number of carbonyl (C=O) groups is 1. The normalized spacial score (nSPS) is 31.2. The Kier molecular flexibility index (Phi) is 3.38. The quantitative estimate of drug-likeness (QED) is 0.497. The van der Waals surface area contributed by atoms with Crippen LogP contribution in [0.5, 0.6) is 0 Å². The van der Waals surface area contributed by atoms with Crippen molar-refractivity contribution in [3.8, 4) is 0 Å². The predicted molar refractivity (Wildman–Crippen MR) is 60.1 cm³/mol. The van der Waals surface area contributed by atoms with Crippen molar-refractivity contribution < 1.29 is 19.2 Å². The molecule has 0 radical (unpaired) electrons. The first-order chi connectivity index (χ1) is 8.54. The molecule has 6 heteroatoms. The summed E-state index contributed by atoms with van der Waals surface area (Å²) in [4.78, 5) is 21.4. The minimum absolute atomic E-state index is 0.0667. The Bertz CT molecular complexity index is 462. The zero-order valence-corrected chi connectivity index (χ0v) is 9.40. The van der Waals surface area contributed by atoms with Crippen LogP contribution in [0.4, 0.5) is 4.39 Å². The van der Waals surface area contributed by atoms with Gasteiger partial charge in [0.1, 0.15) is 18.2 Å².